The number of amides is 1. The fourth-order valence-electron chi connectivity index (χ4n) is 2.15. The van der Waals surface area contributed by atoms with Crippen LogP contribution in [0.25, 0.3) is 0 Å². The van der Waals surface area contributed by atoms with Gasteiger partial charge in [0.05, 0.1) is 5.25 Å². The third kappa shape index (κ3) is 2.96. The number of fused-ring (bicyclic) bond motifs is 1. The zero-order valence-corrected chi connectivity index (χ0v) is 11.8. The van der Waals surface area contributed by atoms with E-state index in [0.717, 1.165) is 16.8 Å². The van der Waals surface area contributed by atoms with Gasteiger partial charge in [-0.05, 0) is 30.5 Å². The summed E-state index contributed by atoms with van der Waals surface area (Å²) in [7, 11) is -3.18. The van der Waals surface area contributed by atoms with Gasteiger partial charge in [0.25, 0.3) is 0 Å². The minimum absolute atomic E-state index is 0.00838. The lowest BCUT2D eigenvalue weighted by atomic mass is 9.96. The van der Waals surface area contributed by atoms with E-state index in [1.807, 2.05) is 6.07 Å². The molecule has 3 N–H and O–H groups in total. The summed E-state index contributed by atoms with van der Waals surface area (Å²) >= 11 is 0. The molecule has 2 rings (SSSR count). The van der Waals surface area contributed by atoms with Crippen LogP contribution in [0.2, 0.25) is 0 Å². The average molecular weight is 282 g/mol. The molecule has 2 unspecified atom stereocenters. The lowest BCUT2D eigenvalue weighted by Crippen LogP contribution is -2.30. The Balaban J connectivity index is 2.30. The molecule has 0 bridgehead atoms. The van der Waals surface area contributed by atoms with E-state index in [0.29, 0.717) is 12.8 Å². The predicted octanol–water partition coefficient (Wildman–Crippen LogP) is 1.00. The van der Waals surface area contributed by atoms with Gasteiger partial charge in [0.2, 0.25) is 5.91 Å². The van der Waals surface area contributed by atoms with E-state index in [1.165, 1.54) is 6.26 Å². The number of sulfone groups is 1. The maximum Gasteiger partial charge on any atom is 0.224 e. The quantitative estimate of drug-likeness (QED) is 0.865. The van der Waals surface area contributed by atoms with E-state index in [2.05, 4.69) is 5.32 Å². The summed E-state index contributed by atoms with van der Waals surface area (Å²) in [6, 6.07) is 4.90. The molecule has 0 fully saturated rings. The fraction of sp³-hybridized carbons (Fsp3) is 0.462. The van der Waals surface area contributed by atoms with Crippen molar-refractivity contribution in [3.05, 3.63) is 29.3 Å². The fourth-order valence-corrected chi connectivity index (χ4v) is 2.84. The highest BCUT2D eigenvalue weighted by Crippen LogP contribution is 2.27. The number of carbonyl (C=O) groups excluding carboxylic acids is 1. The molecule has 1 amide bonds. The van der Waals surface area contributed by atoms with Crippen molar-refractivity contribution in [2.75, 3.05) is 11.6 Å². The number of anilines is 1. The first-order valence-corrected chi connectivity index (χ1v) is 8.11. The maximum absolute atomic E-state index is 11.5. The van der Waals surface area contributed by atoms with Crippen LogP contribution in [0.3, 0.4) is 0 Å². The smallest absolute Gasteiger partial charge is 0.224 e. The zero-order valence-electron chi connectivity index (χ0n) is 11.0. The van der Waals surface area contributed by atoms with Crippen molar-refractivity contribution in [2.24, 2.45) is 5.73 Å². The Morgan fingerprint density at radius 3 is 2.63 bits per heavy atom. The summed E-state index contributed by atoms with van der Waals surface area (Å²) < 4.78 is 23.1. The van der Waals surface area contributed by atoms with E-state index in [4.69, 9.17) is 5.73 Å². The molecule has 0 spiro atoms. The highest BCUT2D eigenvalue weighted by Gasteiger charge is 2.25. The van der Waals surface area contributed by atoms with Crippen molar-refractivity contribution in [1.29, 1.82) is 0 Å². The number of nitrogens with one attached hydrogen (secondary N) is 1. The molecule has 1 aromatic carbocycles. The highest BCUT2D eigenvalue weighted by atomic mass is 32.2. The van der Waals surface area contributed by atoms with Gasteiger partial charge in [0.1, 0.15) is 0 Å². The molecule has 1 aromatic rings. The Morgan fingerprint density at radius 1 is 1.32 bits per heavy atom. The third-order valence-corrected chi connectivity index (χ3v) is 5.23. The van der Waals surface area contributed by atoms with Crippen molar-refractivity contribution in [1.82, 2.24) is 0 Å². The van der Waals surface area contributed by atoms with Crippen molar-refractivity contribution in [3.8, 4) is 0 Å². The van der Waals surface area contributed by atoms with Crippen molar-refractivity contribution >= 4 is 21.4 Å². The lowest BCUT2D eigenvalue weighted by molar-refractivity contribution is -0.116. The average Bonchev–Trinajstić information content (AvgIpc) is 2.35. The van der Waals surface area contributed by atoms with Crippen molar-refractivity contribution < 1.29 is 13.2 Å². The van der Waals surface area contributed by atoms with Crippen LogP contribution >= 0.6 is 0 Å². The summed E-state index contributed by atoms with van der Waals surface area (Å²) in [5.41, 5.74) is 8.60. The van der Waals surface area contributed by atoms with Crippen LogP contribution in [0.1, 0.15) is 30.5 Å². The van der Waals surface area contributed by atoms with Crippen LogP contribution in [0.5, 0.6) is 0 Å². The van der Waals surface area contributed by atoms with E-state index >= 15 is 0 Å². The minimum atomic E-state index is -3.18. The topological polar surface area (TPSA) is 89.3 Å². The number of hydrogen-bond acceptors (Lipinski definition) is 4. The van der Waals surface area contributed by atoms with Gasteiger partial charge < -0.3 is 11.1 Å². The molecule has 1 aliphatic rings. The van der Waals surface area contributed by atoms with Gasteiger partial charge >= 0.3 is 0 Å². The molecule has 0 radical (unpaired) electrons. The first-order valence-electron chi connectivity index (χ1n) is 6.16. The molecule has 5 nitrogen and oxygen atoms in total. The second-order valence-electron chi connectivity index (χ2n) is 5.03. The Labute approximate surface area is 113 Å². The van der Waals surface area contributed by atoms with Crippen LogP contribution in [0.4, 0.5) is 5.69 Å². The van der Waals surface area contributed by atoms with E-state index in [9.17, 15) is 13.2 Å². The number of hydrogen-bond donors (Lipinski definition) is 2. The number of nitrogens with two attached hydrogens (primary N) is 1. The third-order valence-electron chi connectivity index (χ3n) is 3.59. The van der Waals surface area contributed by atoms with Crippen molar-refractivity contribution in [3.63, 3.8) is 0 Å². The van der Waals surface area contributed by atoms with E-state index in [-0.39, 0.29) is 5.91 Å². The molecule has 2 atom stereocenters. The Morgan fingerprint density at radius 2 is 2.00 bits per heavy atom. The summed E-state index contributed by atoms with van der Waals surface area (Å²) in [6.45, 7) is 1.61. The van der Waals surface area contributed by atoms with Gasteiger partial charge in [-0.25, -0.2) is 8.42 Å². The normalized spacial score (nSPS) is 18.4. The molecular formula is C13H18N2O3S. The number of rotatable bonds is 3. The Hall–Kier alpha value is -1.40. The van der Waals surface area contributed by atoms with Gasteiger partial charge in [-0.1, -0.05) is 12.1 Å². The number of carbonyl (C=O) groups is 1. The summed E-state index contributed by atoms with van der Waals surface area (Å²) in [5, 5.41) is 2.15. The van der Waals surface area contributed by atoms with Gasteiger partial charge in [-0.2, -0.15) is 0 Å². The highest BCUT2D eigenvalue weighted by molar-refractivity contribution is 7.91. The molecule has 6 heteroatoms. The zero-order chi connectivity index (χ0) is 14.2. The van der Waals surface area contributed by atoms with Crippen LogP contribution in [0.15, 0.2) is 18.2 Å². The van der Waals surface area contributed by atoms with Gasteiger partial charge in [-0.3, -0.25) is 4.79 Å². The Kier molecular flexibility index (Phi) is 3.64. The molecule has 0 saturated carbocycles. The summed E-state index contributed by atoms with van der Waals surface area (Å²) in [5.74, 6) is 0.00838. The van der Waals surface area contributed by atoms with Crippen LogP contribution in [-0.2, 0) is 21.1 Å². The molecule has 0 aromatic heterocycles. The molecule has 104 valence electrons. The largest absolute Gasteiger partial charge is 0.326 e. The maximum atomic E-state index is 11.5. The van der Waals surface area contributed by atoms with Crippen LogP contribution in [-0.4, -0.2) is 25.8 Å². The van der Waals surface area contributed by atoms with Gasteiger partial charge in [0, 0.05) is 24.4 Å². The van der Waals surface area contributed by atoms with Crippen LogP contribution < -0.4 is 11.1 Å². The Bertz CT molecular complexity index is 610. The molecular weight excluding hydrogens is 264 g/mol. The number of aryl methyl sites for hydroxylation is 1. The second-order valence-corrected chi connectivity index (χ2v) is 7.43. The second kappa shape index (κ2) is 4.94. The molecule has 1 aliphatic heterocycles. The van der Waals surface area contributed by atoms with E-state index in [1.54, 1.807) is 19.1 Å². The molecule has 0 saturated heterocycles. The standard InChI is InChI=1S/C13H18N2O3S/c1-8(19(2,17)18)13(14)10-3-5-11-9(7-10)4-6-12(16)15-11/h3,5,7-8,13H,4,6,14H2,1-2H3,(H,15,16). The predicted molar refractivity (Wildman–Crippen MR) is 74.6 cm³/mol. The van der Waals surface area contributed by atoms with Crippen LogP contribution in [0, 0.1) is 0 Å². The summed E-state index contributed by atoms with van der Waals surface area (Å²) in [6.07, 6.45) is 2.30. The lowest BCUT2D eigenvalue weighted by Gasteiger charge is -2.22. The molecule has 0 aliphatic carbocycles. The molecule has 19 heavy (non-hydrogen) atoms. The SMILES string of the molecule is CC(C(N)c1ccc2c(c1)CCC(=O)N2)S(C)(=O)=O. The number of benzene rings is 1. The molecule has 1 heterocycles. The minimum Gasteiger partial charge on any atom is -0.326 e. The summed E-state index contributed by atoms with van der Waals surface area (Å²) in [4.78, 5) is 11.3. The monoisotopic (exact) mass is 282 g/mol. The van der Waals surface area contributed by atoms with Gasteiger partial charge in [0.15, 0.2) is 9.84 Å². The van der Waals surface area contributed by atoms with Crippen molar-refractivity contribution in [2.45, 2.75) is 31.1 Å². The van der Waals surface area contributed by atoms with E-state index < -0.39 is 21.1 Å². The first-order chi connectivity index (χ1) is 8.79. The van der Waals surface area contributed by atoms with Gasteiger partial charge in [-0.15, -0.1) is 0 Å². The first kappa shape index (κ1) is 14.0.